The van der Waals surface area contributed by atoms with Crippen molar-refractivity contribution in [3.8, 4) is 0 Å². The van der Waals surface area contributed by atoms with Crippen LogP contribution in [0.2, 0.25) is 0 Å². The van der Waals surface area contributed by atoms with E-state index in [1.165, 1.54) is 4.90 Å². The fourth-order valence-corrected chi connectivity index (χ4v) is 5.04. The molecule has 5 N–H and O–H groups in total. The van der Waals surface area contributed by atoms with Gasteiger partial charge in [0.05, 0.1) is 19.5 Å². The lowest BCUT2D eigenvalue weighted by Crippen LogP contribution is -2.54. The highest BCUT2D eigenvalue weighted by Gasteiger charge is 2.38. The van der Waals surface area contributed by atoms with Gasteiger partial charge >= 0.3 is 6.09 Å². The van der Waals surface area contributed by atoms with Crippen molar-refractivity contribution >= 4 is 41.1 Å². The van der Waals surface area contributed by atoms with Crippen LogP contribution in [0.1, 0.15) is 58.0 Å². The topological polar surface area (TPSA) is 200 Å². The fourth-order valence-electron chi connectivity index (χ4n) is 5.04. The van der Waals surface area contributed by atoms with E-state index in [0.717, 1.165) is 5.56 Å². The van der Waals surface area contributed by atoms with Gasteiger partial charge in [-0.3, -0.25) is 29.4 Å². The highest BCUT2D eigenvalue weighted by Crippen LogP contribution is 2.32. The summed E-state index contributed by atoms with van der Waals surface area (Å²) in [5.41, 5.74) is 1.96. The minimum absolute atomic E-state index is 0.00290. The number of hydrogen-bond acceptors (Lipinski definition) is 9. The average molecular weight is 648 g/mol. The first-order valence-corrected chi connectivity index (χ1v) is 15.4. The summed E-state index contributed by atoms with van der Waals surface area (Å²) in [4.78, 5) is 66.4. The number of benzene rings is 2. The van der Waals surface area contributed by atoms with E-state index in [9.17, 15) is 24.0 Å². The molecule has 3 atom stereocenters. The first kappa shape index (κ1) is 34.5. The Hall–Kier alpha value is -5.34. The van der Waals surface area contributed by atoms with E-state index in [1.54, 1.807) is 57.2 Å². The molecule has 0 aliphatic carbocycles. The quantitative estimate of drug-likeness (QED) is 0.195. The Morgan fingerprint density at radius 2 is 1.77 bits per heavy atom. The summed E-state index contributed by atoms with van der Waals surface area (Å²) in [7, 11) is 0. The summed E-state index contributed by atoms with van der Waals surface area (Å²) in [5, 5.41) is 24.3. The number of para-hydroxylation sites is 1. The van der Waals surface area contributed by atoms with Gasteiger partial charge in [-0.25, -0.2) is 4.79 Å². The summed E-state index contributed by atoms with van der Waals surface area (Å²) < 4.78 is 5.25. The molecule has 0 radical (unpaired) electrons. The molecule has 47 heavy (non-hydrogen) atoms. The van der Waals surface area contributed by atoms with Gasteiger partial charge in [-0.15, -0.1) is 10.2 Å². The van der Waals surface area contributed by atoms with Crippen LogP contribution >= 0.6 is 0 Å². The second-order valence-corrected chi connectivity index (χ2v) is 12.3. The van der Waals surface area contributed by atoms with Crippen LogP contribution in [0.15, 0.2) is 48.5 Å². The molecule has 0 fully saturated rings. The van der Waals surface area contributed by atoms with E-state index in [2.05, 4.69) is 41.9 Å². The largest absolute Gasteiger partial charge is 0.444 e. The Kier molecular flexibility index (Phi) is 11.2. The van der Waals surface area contributed by atoms with Crippen LogP contribution in [-0.2, 0) is 43.3 Å². The SMILES string of the molecule is CC[C@H](C)[C@H](NC(=O)Cc1ccc(NC(=O)OC(C)(C)C)cc1)C(=O)NCC(=O)N1c2ccccc2C[C@H]1C(=O)NCc1nn[nH]n1. The number of nitrogens with zero attached hydrogens (tertiary/aromatic N) is 4. The van der Waals surface area contributed by atoms with Crippen molar-refractivity contribution in [3.05, 3.63) is 65.5 Å². The van der Waals surface area contributed by atoms with Crippen molar-refractivity contribution in [2.45, 2.75) is 78.1 Å². The maximum atomic E-state index is 13.5. The number of fused-ring (bicyclic) bond motifs is 1. The molecule has 0 saturated carbocycles. The zero-order chi connectivity index (χ0) is 34.1. The lowest BCUT2D eigenvalue weighted by molar-refractivity contribution is -0.131. The Morgan fingerprint density at radius 3 is 2.43 bits per heavy atom. The summed E-state index contributed by atoms with van der Waals surface area (Å²) in [6.45, 7) is 8.70. The molecule has 5 amide bonds. The zero-order valence-corrected chi connectivity index (χ0v) is 27.1. The van der Waals surface area contributed by atoms with Crippen molar-refractivity contribution in [1.29, 1.82) is 0 Å². The fraction of sp³-hybridized carbons (Fsp3) is 0.438. The number of carbonyl (C=O) groups excluding carboxylic acids is 5. The summed E-state index contributed by atoms with van der Waals surface area (Å²) in [5.74, 6) is -1.70. The second-order valence-electron chi connectivity index (χ2n) is 12.3. The highest BCUT2D eigenvalue weighted by molar-refractivity contribution is 6.05. The van der Waals surface area contributed by atoms with E-state index in [1.807, 2.05) is 26.0 Å². The van der Waals surface area contributed by atoms with Crippen LogP contribution in [0.4, 0.5) is 16.2 Å². The van der Waals surface area contributed by atoms with Crippen molar-refractivity contribution in [2.24, 2.45) is 5.92 Å². The number of ether oxygens (including phenoxy) is 1. The van der Waals surface area contributed by atoms with E-state index in [-0.39, 0.29) is 31.3 Å². The van der Waals surface area contributed by atoms with Crippen molar-refractivity contribution in [2.75, 3.05) is 16.8 Å². The Bertz CT molecular complexity index is 1570. The molecule has 0 unspecified atom stereocenters. The zero-order valence-electron chi connectivity index (χ0n) is 27.1. The van der Waals surface area contributed by atoms with Gasteiger partial charge < -0.3 is 20.7 Å². The molecule has 1 aliphatic rings. The Balaban J connectivity index is 1.35. The number of amides is 5. The molecule has 4 rings (SSSR count). The van der Waals surface area contributed by atoms with Crippen LogP contribution in [0.5, 0.6) is 0 Å². The van der Waals surface area contributed by atoms with Gasteiger partial charge in [0, 0.05) is 17.8 Å². The van der Waals surface area contributed by atoms with Crippen LogP contribution in [0.3, 0.4) is 0 Å². The van der Waals surface area contributed by atoms with Gasteiger partial charge in [0.1, 0.15) is 17.7 Å². The monoisotopic (exact) mass is 647 g/mol. The number of nitrogens with one attached hydrogen (secondary N) is 5. The molecule has 1 aliphatic heterocycles. The number of aromatic amines is 1. The van der Waals surface area contributed by atoms with Gasteiger partial charge in [0.2, 0.25) is 23.6 Å². The molecule has 1 aromatic heterocycles. The van der Waals surface area contributed by atoms with Gasteiger partial charge in [-0.2, -0.15) is 5.21 Å². The molecule has 15 heteroatoms. The minimum Gasteiger partial charge on any atom is -0.444 e. The molecule has 3 aromatic rings. The Labute approximate surface area is 272 Å². The lowest BCUT2D eigenvalue weighted by Gasteiger charge is -2.27. The molecule has 0 bridgehead atoms. The molecular weight excluding hydrogens is 606 g/mol. The maximum absolute atomic E-state index is 13.5. The standard InChI is InChI=1S/C32H41N9O6/c1-6-19(2)28(36-26(42)15-20-11-13-22(14-12-20)35-31(46)47-32(3,4)5)30(45)34-18-27(43)41-23-10-8-7-9-21(23)16-24(41)29(44)33-17-25-37-39-40-38-25/h7-14,19,24,28H,6,15-18H2,1-5H3,(H,33,44)(H,34,45)(H,35,46)(H,36,42)(H,37,38,39,40)/t19-,24-,28-/m0/s1. The number of aromatic nitrogens is 4. The predicted molar refractivity (Wildman–Crippen MR) is 172 cm³/mol. The average Bonchev–Trinajstić information content (AvgIpc) is 3.69. The van der Waals surface area contributed by atoms with Crippen molar-refractivity contribution in [1.82, 2.24) is 36.6 Å². The van der Waals surface area contributed by atoms with Gasteiger partial charge in [-0.1, -0.05) is 55.8 Å². The molecule has 2 heterocycles. The summed E-state index contributed by atoms with van der Waals surface area (Å²) in [6.07, 6.45) is 0.311. The summed E-state index contributed by atoms with van der Waals surface area (Å²) >= 11 is 0. The molecule has 250 valence electrons. The predicted octanol–water partition coefficient (Wildman–Crippen LogP) is 2.01. The number of anilines is 2. The van der Waals surface area contributed by atoms with Gasteiger partial charge in [0.15, 0.2) is 5.82 Å². The number of H-pyrrole nitrogens is 1. The molecular formula is C32H41N9O6. The number of rotatable bonds is 12. The van der Waals surface area contributed by atoms with E-state index in [4.69, 9.17) is 4.74 Å². The third-order valence-corrected chi connectivity index (χ3v) is 7.55. The van der Waals surface area contributed by atoms with Crippen molar-refractivity contribution in [3.63, 3.8) is 0 Å². The first-order valence-electron chi connectivity index (χ1n) is 15.4. The third kappa shape index (κ3) is 9.58. The van der Waals surface area contributed by atoms with E-state index < -0.39 is 41.5 Å². The second kappa shape index (κ2) is 15.3. The number of hydrogen-bond donors (Lipinski definition) is 5. The van der Waals surface area contributed by atoms with Gasteiger partial charge in [0.25, 0.3) is 0 Å². The third-order valence-electron chi connectivity index (χ3n) is 7.55. The molecule has 15 nitrogen and oxygen atoms in total. The number of carbonyl (C=O) groups is 5. The molecule has 0 spiro atoms. The number of tetrazole rings is 1. The first-order chi connectivity index (χ1) is 22.3. The van der Waals surface area contributed by atoms with Crippen LogP contribution in [0, 0.1) is 5.92 Å². The normalized spacial score (nSPS) is 15.2. The van der Waals surface area contributed by atoms with Crippen LogP contribution in [-0.4, -0.2) is 74.6 Å². The highest BCUT2D eigenvalue weighted by atomic mass is 16.6. The van der Waals surface area contributed by atoms with E-state index >= 15 is 0 Å². The maximum Gasteiger partial charge on any atom is 0.412 e. The summed E-state index contributed by atoms with van der Waals surface area (Å²) in [6, 6.07) is 12.2. The van der Waals surface area contributed by atoms with Crippen molar-refractivity contribution < 1.29 is 28.7 Å². The smallest absolute Gasteiger partial charge is 0.412 e. The molecule has 0 saturated heterocycles. The van der Waals surface area contributed by atoms with Crippen LogP contribution in [0.25, 0.3) is 0 Å². The Morgan fingerprint density at radius 1 is 1.04 bits per heavy atom. The minimum atomic E-state index is -0.895. The lowest BCUT2D eigenvalue weighted by atomic mass is 9.98. The van der Waals surface area contributed by atoms with Crippen LogP contribution < -0.4 is 26.2 Å². The van der Waals surface area contributed by atoms with Gasteiger partial charge in [-0.05, 0) is 56.0 Å². The van der Waals surface area contributed by atoms with E-state index in [0.29, 0.717) is 35.6 Å². The molecule has 2 aromatic carbocycles.